The number of carbonyl (C=O) groups is 1. The van der Waals surface area contributed by atoms with Gasteiger partial charge in [0.15, 0.2) is 0 Å². The van der Waals surface area contributed by atoms with Crippen molar-refractivity contribution in [2.75, 3.05) is 18.5 Å². The van der Waals surface area contributed by atoms with E-state index >= 15 is 0 Å². The van der Waals surface area contributed by atoms with Gasteiger partial charge in [0.05, 0.1) is 11.3 Å². The van der Waals surface area contributed by atoms with Crippen LogP contribution in [0.15, 0.2) is 18.2 Å². The highest BCUT2D eigenvalue weighted by atomic mass is 35.5. The first kappa shape index (κ1) is 10.4. The molecule has 1 saturated heterocycles. The van der Waals surface area contributed by atoms with Crippen LogP contribution in [0.5, 0.6) is 0 Å². The predicted molar refractivity (Wildman–Crippen MR) is 54.9 cm³/mol. The normalized spacial score (nSPS) is 15.9. The summed E-state index contributed by atoms with van der Waals surface area (Å²) >= 11 is 5.37. The number of halogens is 2. The summed E-state index contributed by atoms with van der Waals surface area (Å²) in [7, 11) is 0. The molecular formula is C9H9ClFN3O. The molecule has 0 amide bonds. The summed E-state index contributed by atoms with van der Waals surface area (Å²) in [4.78, 5) is 11.0. The van der Waals surface area contributed by atoms with Gasteiger partial charge in [-0.05, 0) is 29.8 Å². The van der Waals surface area contributed by atoms with E-state index in [1.807, 2.05) is 0 Å². The molecule has 0 aliphatic carbocycles. The number of nitrogens with one attached hydrogen (secondary N) is 2. The Bertz CT molecular complexity index is 395. The maximum Gasteiger partial charge on any atom is 0.254 e. The first-order valence-electron chi connectivity index (χ1n) is 4.44. The minimum atomic E-state index is -0.613. The topological polar surface area (TPSA) is 44.4 Å². The molecule has 15 heavy (non-hydrogen) atoms. The molecule has 1 fully saturated rings. The van der Waals surface area contributed by atoms with Crippen LogP contribution in [-0.2, 0) is 0 Å². The molecule has 2 N–H and O–H groups in total. The summed E-state index contributed by atoms with van der Waals surface area (Å²) in [6, 6.07) is 3.78. The molecule has 1 aromatic carbocycles. The average molecular weight is 230 g/mol. The van der Waals surface area contributed by atoms with Gasteiger partial charge in [-0.15, -0.1) is 0 Å². The first-order valence-corrected chi connectivity index (χ1v) is 4.82. The number of rotatable bonds is 3. The first-order chi connectivity index (χ1) is 7.16. The van der Waals surface area contributed by atoms with Crippen LogP contribution in [-0.4, -0.2) is 23.4 Å². The lowest BCUT2D eigenvalue weighted by molar-refractivity contribution is 0.107. The van der Waals surface area contributed by atoms with Crippen molar-refractivity contribution in [2.24, 2.45) is 0 Å². The average Bonchev–Trinajstić information content (AvgIpc) is 2.11. The zero-order valence-electron chi connectivity index (χ0n) is 7.76. The minimum Gasteiger partial charge on any atom is -0.305 e. The molecule has 80 valence electrons. The van der Waals surface area contributed by atoms with Crippen molar-refractivity contribution in [1.29, 1.82) is 0 Å². The summed E-state index contributed by atoms with van der Waals surface area (Å²) in [5.41, 5.74) is 6.39. The van der Waals surface area contributed by atoms with Crippen LogP contribution >= 0.6 is 11.6 Å². The maximum atomic E-state index is 12.9. The number of hydrogen-bond acceptors (Lipinski definition) is 4. The van der Waals surface area contributed by atoms with Gasteiger partial charge >= 0.3 is 0 Å². The standard InChI is InChI=1S/C9H9ClFN3O/c10-9(15)7-2-1-6(11)5-8(7)13-14-4-3-12-14/h1-2,5,12-13H,3-4H2. The van der Waals surface area contributed by atoms with Gasteiger partial charge in [-0.1, -0.05) is 0 Å². The van der Waals surface area contributed by atoms with Gasteiger partial charge in [-0.25, -0.2) is 9.82 Å². The second-order valence-electron chi connectivity index (χ2n) is 3.14. The van der Waals surface area contributed by atoms with Gasteiger partial charge in [-0.2, -0.15) is 5.12 Å². The van der Waals surface area contributed by atoms with Gasteiger partial charge in [0.2, 0.25) is 0 Å². The quantitative estimate of drug-likeness (QED) is 0.768. The number of hydrazine groups is 2. The molecule has 2 rings (SSSR count). The highest BCUT2D eigenvalue weighted by Gasteiger charge is 2.16. The Morgan fingerprint density at radius 3 is 2.87 bits per heavy atom. The smallest absolute Gasteiger partial charge is 0.254 e. The fraction of sp³-hybridized carbons (Fsp3) is 0.222. The number of anilines is 1. The Kier molecular flexibility index (Phi) is 2.86. The van der Waals surface area contributed by atoms with Crippen molar-refractivity contribution in [2.45, 2.75) is 0 Å². The van der Waals surface area contributed by atoms with Crippen LogP contribution < -0.4 is 10.9 Å². The van der Waals surface area contributed by atoms with Crippen molar-refractivity contribution >= 4 is 22.5 Å². The van der Waals surface area contributed by atoms with Crippen LogP contribution in [0.1, 0.15) is 10.4 Å². The number of benzene rings is 1. The Balaban J connectivity index is 2.24. The predicted octanol–water partition coefficient (Wildman–Crippen LogP) is 1.35. The number of carbonyl (C=O) groups excluding carboxylic acids is 1. The van der Waals surface area contributed by atoms with Gasteiger partial charge in [0.1, 0.15) is 5.82 Å². The molecule has 1 heterocycles. The van der Waals surface area contributed by atoms with Gasteiger partial charge in [0.25, 0.3) is 5.24 Å². The van der Waals surface area contributed by atoms with E-state index < -0.39 is 11.1 Å². The molecule has 1 aliphatic heterocycles. The summed E-state index contributed by atoms with van der Waals surface area (Å²) in [5.74, 6) is -0.417. The Morgan fingerprint density at radius 2 is 2.33 bits per heavy atom. The summed E-state index contributed by atoms with van der Waals surface area (Å²) < 4.78 is 12.9. The largest absolute Gasteiger partial charge is 0.305 e. The van der Waals surface area contributed by atoms with E-state index in [4.69, 9.17) is 11.6 Å². The molecule has 0 atom stereocenters. The van der Waals surface area contributed by atoms with Gasteiger partial charge < -0.3 is 5.43 Å². The molecule has 0 saturated carbocycles. The van der Waals surface area contributed by atoms with E-state index in [9.17, 15) is 9.18 Å². The monoisotopic (exact) mass is 229 g/mol. The molecular weight excluding hydrogens is 221 g/mol. The second kappa shape index (κ2) is 4.14. The van der Waals surface area contributed by atoms with Crippen LogP contribution in [0.3, 0.4) is 0 Å². The molecule has 1 aromatic rings. The van der Waals surface area contributed by atoms with Gasteiger partial charge in [0, 0.05) is 13.1 Å². The summed E-state index contributed by atoms with van der Waals surface area (Å²) in [6.07, 6.45) is 0. The second-order valence-corrected chi connectivity index (χ2v) is 3.48. The highest BCUT2D eigenvalue weighted by Crippen LogP contribution is 2.20. The molecule has 1 aliphatic rings. The highest BCUT2D eigenvalue weighted by molar-refractivity contribution is 6.68. The SMILES string of the molecule is O=C(Cl)c1ccc(F)cc1NN1CCN1. The molecule has 0 radical (unpaired) electrons. The van der Waals surface area contributed by atoms with E-state index in [2.05, 4.69) is 10.9 Å². The minimum absolute atomic E-state index is 0.256. The van der Waals surface area contributed by atoms with Crippen molar-refractivity contribution in [3.8, 4) is 0 Å². The fourth-order valence-electron chi connectivity index (χ4n) is 1.24. The number of nitrogens with zero attached hydrogens (tertiary/aromatic N) is 1. The van der Waals surface area contributed by atoms with E-state index in [0.717, 1.165) is 13.1 Å². The zero-order valence-corrected chi connectivity index (χ0v) is 8.51. The fourth-order valence-corrected chi connectivity index (χ4v) is 1.41. The molecule has 6 heteroatoms. The lowest BCUT2D eigenvalue weighted by atomic mass is 10.2. The molecule has 0 unspecified atom stereocenters. The zero-order chi connectivity index (χ0) is 10.8. The molecule has 4 nitrogen and oxygen atoms in total. The molecule has 0 bridgehead atoms. The number of hydrogen-bond donors (Lipinski definition) is 2. The maximum absolute atomic E-state index is 12.9. The third-order valence-corrected chi connectivity index (χ3v) is 2.29. The van der Waals surface area contributed by atoms with Crippen molar-refractivity contribution < 1.29 is 9.18 Å². The van der Waals surface area contributed by atoms with Crippen LogP contribution in [0.4, 0.5) is 10.1 Å². The van der Waals surface area contributed by atoms with Crippen molar-refractivity contribution in [3.05, 3.63) is 29.6 Å². The van der Waals surface area contributed by atoms with E-state index in [0.29, 0.717) is 5.69 Å². The lowest BCUT2D eigenvalue weighted by Crippen LogP contribution is -2.56. The van der Waals surface area contributed by atoms with Crippen molar-refractivity contribution in [1.82, 2.24) is 10.5 Å². The van der Waals surface area contributed by atoms with Gasteiger partial charge in [-0.3, -0.25) is 4.79 Å². The molecule has 0 aromatic heterocycles. The van der Waals surface area contributed by atoms with Crippen LogP contribution in [0, 0.1) is 5.82 Å². The van der Waals surface area contributed by atoms with E-state index in [-0.39, 0.29) is 5.56 Å². The van der Waals surface area contributed by atoms with Crippen molar-refractivity contribution in [3.63, 3.8) is 0 Å². The third-order valence-electron chi connectivity index (χ3n) is 2.09. The summed E-state index contributed by atoms with van der Waals surface area (Å²) in [6.45, 7) is 1.64. The lowest BCUT2D eigenvalue weighted by Gasteiger charge is -2.33. The Hall–Kier alpha value is -1.17. The third kappa shape index (κ3) is 2.26. The van der Waals surface area contributed by atoms with Crippen LogP contribution in [0.2, 0.25) is 0 Å². The van der Waals surface area contributed by atoms with Crippen LogP contribution in [0.25, 0.3) is 0 Å². The summed E-state index contributed by atoms with van der Waals surface area (Å²) in [5, 5.41) is 1.04. The van der Waals surface area contributed by atoms with E-state index in [1.54, 1.807) is 5.12 Å². The van der Waals surface area contributed by atoms with E-state index in [1.165, 1.54) is 18.2 Å². The Morgan fingerprint density at radius 1 is 1.60 bits per heavy atom. The molecule has 0 spiro atoms. The Labute approximate surface area is 91.0 Å².